The van der Waals surface area contributed by atoms with E-state index in [2.05, 4.69) is 46.9 Å². The number of carbonyl (C=O) groups excluding carboxylic acids is 2. The van der Waals surface area contributed by atoms with Gasteiger partial charge in [-0.05, 0) is 40.7 Å². The van der Waals surface area contributed by atoms with Gasteiger partial charge in [-0.15, -0.1) is 11.8 Å². The van der Waals surface area contributed by atoms with Crippen LogP contribution in [0.25, 0.3) is 0 Å². The van der Waals surface area contributed by atoms with Crippen LogP contribution in [0.5, 0.6) is 5.75 Å². The maximum atomic E-state index is 13.5. The lowest BCUT2D eigenvalue weighted by Gasteiger charge is -2.29. The number of ether oxygens (including phenoxy) is 1. The summed E-state index contributed by atoms with van der Waals surface area (Å²) in [7, 11) is 1.66. The number of thioether (sulfide) groups is 1. The molecule has 1 aromatic carbocycles. The zero-order valence-electron chi connectivity index (χ0n) is 21.9. The van der Waals surface area contributed by atoms with Gasteiger partial charge in [0.1, 0.15) is 18.1 Å². The quantitative estimate of drug-likeness (QED) is 0.666. The van der Waals surface area contributed by atoms with Crippen LogP contribution >= 0.6 is 11.8 Å². The molecular weight excluding hydrogens is 448 g/mol. The van der Waals surface area contributed by atoms with E-state index in [0.29, 0.717) is 5.82 Å². The summed E-state index contributed by atoms with van der Waals surface area (Å²) in [6.45, 7) is 16.4. The molecule has 0 spiro atoms. The normalized spacial score (nSPS) is 16.9. The molecule has 7 nitrogen and oxygen atoms in total. The Balaban J connectivity index is 2.34. The Kier molecular flexibility index (Phi) is 7.41. The van der Waals surface area contributed by atoms with Crippen molar-refractivity contribution < 1.29 is 14.3 Å². The van der Waals surface area contributed by atoms with Crippen LogP contribution in [-0.4, -0.2) is 47.0 Å². The second kappa shape index (κ2) is 9.64. The van der Waals surface area contributed by atoms with Gasteiger partial charge >= 0.3 is 0 Å². The zero-order chi connectivity index (χ0) is 25.4. The average molecular weight is 487 g/mol. The first-order chi connectivity index (χ1) is 15.8. The van der Waals surface area contributed by atoms with E-state index in [9.17, 15) is 9.59 Å². The van der Waals surface area contributed by atoms with Crippen molar-refractivity contribution in [3.05, 3.63) is 41.1 Å². The number of hydrogen-bond donors (Lipinski definition) is 1. The number of nitrogens with one attached hydrogen (secondary N) is 1. The van der Waals surface area contributed by atoms with Gasteiger partial charge in [0, 0.05) is 22.6 Å². The molecule has 0 fully saturated rings. The molecule has 1 atom stereocenters. The maximum absolute atomic E-state index is 13.5. The number of nitrogens with zero attached hydrogens (tertiary/aromatic N) is 3. The molecular formula is C26H38N4O3S. The third-order valence-corrected chi connectivity index (χ3v) is 6.84. The molecule has 0 saturated carbocycles. The van der Waals surface area contributed by atoms with Crippen molar-refractivity contribution in [1.82, 2.24) is 15.1 Å². The van der Waals surface area contributed by atoms with E-state index in [1.165, 1.54) is 0 Å². The second-order valence-electron chi connectivity index (χ2n) is 11.1. The molecule has 0 bridgehead atoms. The highest BCUT2D eigenvalue weighted by Gasteiger charge is 2.42. The van der Waals surface area contributed by atoms with Crippen LogP contribution in [0.15, 0.2) is 24.3 Å². The molecule has 186 valence electrons. The minimum Gasteiger partial charge on any atom is -0.496 e. The van der Waals surface area contributed by atoms with Crippen LogP contribution < -0.4 is 15.0 Å². The van der Waals surface area contributed by atoms with Crippen molar-refractivity contribution in [3.8, 4) is 5.75 Å². The van der Waals surface area contributed by atoms with Crippen LogP contribution in [0.3, 0.4) is 0 Å². The van der Waals surface area contributed by atoms with Gasteiger partial charge in [-0.1, -0.05) is 39.0 Å². The fraction of sp³-hybridized carbons (Fsp3) is 0.577. The van der Waals surface area contributed by atoms with Crippen LogP contribution in [0.1, 0.15) is 77.5 Å². The second-order valence-corrected chi connectivity index (χ2v) is 12.1. The van der Waals surface area contributed by atoms with E-state index in [1.54, 1.807) is 23.8 Å². The number of amides is 2. The molecule has 1 aromatic heterocycles. The topological polar surface area (TPSA) is 76.5 Å². The molecule has 0 saturated heterocycles. The lowest BCUT2D eigenvalue weighted by molar-refractivity contribution is -0.123. The molecule has 3 rings (SSSR count). The molecule has 1 aliphatic rings. The van der Waals surface area contributed by atoms with Crippen LogP contribution in [0.2, 0.25) is 0 Å². The van der Waals surface area contributed by atoms with Crippen LogP contribution in [0.4, 0.5) is 5.82 Å². The third-order valence-electron chi connectivity index (χ3n) is 5.61. The molecule has 1 unspecified atom stereocenters. The van der Waals surface area contributed by atoms with E-state index < -0.39 is 5.54 Å². The zero-order valence-corrected chi connectivity index (χ0v) is 22.7. The fourth-order valence-electron chi connectivity index (χ4n) is 4.18. The maximum Gasteiger partial charge on any atom is 0.240 e. The molecule has 2 heterocycles. The molecule has 0 aliphatic carbocycles. The standard InChI is InChI=1S/C26H38N4O3S/c1-16(2)27-19(31)14-29-20(32)15-34-22(17-12-10-11-13-18(17)33-9)21-23(25(3,4)5)28-30(24(21)29)26(6,7)8/h10-13,16,22H,14-15H2,1-9H3,(H,27,31). The SMILES string of the molecule is COc1ccccc1C1SCC(=O)N(CC(=O)NC(C)C)c2c1c(C(C)(C)C)nn2C(C)(C)C. The third kappa shape index (κ3) is 5.27. The molecule has 1 N–H and O–H groups in total. The summed E-state index contributed by atoms with van der Waals surface area (Å²) in [5.74, 6) is 1.43. The Hall–Kier alpha value is -2.48. The Morgan fingerprint density at radius 2 is 1.85 bits per heavy atom. The number of para-hydroxylation sites is 1. The first kappa shape index (κ1) is 26.1. The minimum absolute atomic E-state index is 0.0117. The van der Waals surface area contributed by atoms with Gasteiger partial charge in [-0.25, -0.2) is 4.68 Å². The number of aromatic nitrogens is 2. The van der Waals surface area contributed by atoms with Crippen molar-refractivity contribution in [1.29, 1.82) is 0 Å². The molecule has 1 aliphatic heterocycles. The fourth-order valence-corrected chi connectivity index (χ4v) is 5.40. The number of carbonyl (C=O) groups is 2. The van der Waals surface area contributed by atoms with E-state index in [1.807, 2.05) is 42.8 Å². The summed E-state index contributed by atoms with van der Waals surface area (Å²) in [5, 5.41) is 7.86. The molecule has 2 amide bonds. The monoisotopic (exact) mass is 486 g/mol. The number of anilines is 1. The van der Waals surface area contributed by atoms with Gasteiger partial charge < -0.3 is 10.1 Å². The first-order valence-corrected chi connectivity index (χ1v) is 12.8. The van der Waals surface area contributed by atoms with Crippen molar-refractivity contribution in [3.63, 3.8) is 0 Å². The Morgan fingerprint density at radius 3 is 2.41 bits per heavy atom. The summed E-state index contributed by atoms with van der Waals surface area (Å²) in [4.78, 5) is 28.0. The number of fused-ring (bicyclic) bond motifs is 1. The van der Waals surface area contributed by atoms with Crippen LogP contribution in [-0.2, 0) is 20.5 Å². The van der Waals surface area contributed by atoms with Gasteiger partial charge in [-0.3, -0.25) is 14.5 Å². The Bertz CT molecular complexity index is 1060. The lowest BCUT2D eigenvalue weighted by Crippen LogP contribution is -2.45. The van der Waals surface area contributed by atoms with E-state index in [-0.39, 0.29) is 40.8 Å². The highest BCUT2D eigenvalue weighted by atomic mass is 32.2. The van der Waals surface area contributed by atoms with Gasteiger partial charge in [0.25, 0.3) is 0 Å². The molecule has 34 heavy (non-hydrogen) atoms. The Labute approximate surface area is 207 Å². The van der Waals surface area contributed by atoms with E-state index >= 15 is 0 Å². The first-order valence-electron chi connectivity index (χ1n) is 11.7. The smallest absolute Gasteiger partial charge is 0.240 e. The molecule has 8 heteroatoms. The number of rotatable bonds is 5. The Morgan fingerprint density at radius 1 is 1.21 bits per heavy atom. The highest BCUT2D eigenvalue weighted by molar-refractivity contribution is 8.00. The summed E-state index contributed by atoms with van der Waals surface area (Å²) < 4.78 is 7.64. The average Bonchev–Trinajstić information content (AvgIpc) is 3.07. The van der Waals surface area contributed by atoms with Crippen LogP contribution in [0, 0.1) is 0 Å². The largest absolute Gasteiger partial charge is 0.496 e. The van der Waals surface area contributed by atoms with Crippen molar-refractivity contribution in [2.75, 3.05) is 24.3 Å². The molecule has 2 aromatic rings. The van der Waals surface area contributed by atoms with E-state index in [0.717, 1.165) is 22.6 Å². The summed E-state index contributed by atoms with van der Waals surface area (Å²) in [6, 6.07) is 7.92. The van der Waals surface area contributed by atoms with Gasteiger partial charge in [0.2, 0.25) is 11.8 Å². The molecule has 0 radical (unpaired) electrons. The van der Waals surface area contributed by atoms with Gasteiger partial charge in [-0.2, -0.15) is 5.10 Å². The van der Waals surface area contributed by atoms with Gasteiger partial charge in [0.15, 0.2) is 0 Å². The number of hydrogen-bond acceptors (Lipinski definition) is 5. The summed E-state index contributed by atoms with van der Waals surface area (Å²) in [5.41, 5.74) is 2.21. The van der Waals surface area contributed by atoms with Crippen molar-refractivity contribution in [2.45, 2.75) is 77.6 Å². The van der Waals surface area contributed by atoms with Gasteiger partial charge in [0.05, 0.1) is 29.3 Å². The van der Waals surface area contributed by atoms with Crippen molar-refractivity contribution >= 4 is 29.4 Å². The summed E-state index contributed by atoms with van der Waals surface area (Å²) >= 11 is 1.56. The summed E-state index contributed by atoms with van der Waals surface area (Å²) in [6.07, 6.45) is 0. The number of methoxy groups -OCH3 is 1. The van der Waals surface area contributed by atoms with Crippen molar-refractivity contribution in [2.24, 2.45) is 0 Å². The highest BCUT2D eigenvalue weighted by Crippen LogP contribution is 2.50. The predicted molar refractivity (Wildman–Crippen MR) is 139 cm³/mol. The predicted octanol–water partition coefficient (Wildman–Crippen LogP) is 4.64. The van der Waals surface area contributed by atoms with E-state index in [4.69, 9.17) is 9.84 Å². The minimum atomic E-state index is -0.402. The lowest BCUT2D eigenvalue weighted by atomic mass is 9.87. The number of benzene rings is 1.